The Labute approximate surface area is 185 Å². The summed E-state index contributed by atoms with van der Waals surface area (Å²) in [7, 11) is 0. The zero-order chi connectivity index (χ0) is 20.8. The number of ether oxygens (including phenoxy) is 1. The largest absolute Gasteiger partial charge is 0.422 e. The number of halogens is 2. The van der Waals surface area contributed by atoms with E-state index in [0.717, 1.165) is 14.5 Å². The number of rotatable bonds is 5. The molecular formula is C22H16Br2N2O3. The minimum Gasteiger partial charge on any atom is -0.422 e. The van der Waals surface area contributed by atoms with Gasteiger partial charge in [0.25, 0.3) is 5.91 Å². The van der Waals surface area contributed by atoms with Crippen LogP contribution in [0.15, 0.2) is 80.8 Å². The highest BCUT2D eigenvalue weighted by molar-refractivity contribution is 9.10. The van der Waals surface area contributed by atoms with Crippen LogP contribution in [0.25, 0.3) is 0 Å². The molecule has 0 saturated heterocycles. The van der Waals surface area contributed by atoms with Crippen molar-refractivity contribution in [3.8, 4) is 5.75 Å². The van der Waals surface area contributed by atoms with Crippen molar-refractivity contribution in [1.29, 1.82) is 0 Å². The van der Waals surface area contributed by atoms with Gasteiger partial charge in [-0.1, -0.05) is 55.6 Å². The number of nitrogens with zero attached hydrogens (tertiary/aromatic N) is 1. The molecule has 0 heterocycles. The number of carbonyl (C=O) groups is 2. The predicted molar refractivity (Wildman–Crippen MR) is 119 cm³/mol. The lowest BCUT2D eigenvalue weighted by molar-refractivity contribution is 0.0734. The van der Waals surface area contributed by atoms with Crippen LogP contribution in [0.5, 0.6) is 5.75 Å². The molecule has 0 aliphatic rings. The number of esters is 1. The molecule has 7 heteroatoms. The average molecular weight is 516 g/mol. The molecule has 1 amide bonds. The zero-order valence-electron chi connectivity index (χ0n) is 15.4. The number of hydrogen-bond acceptors (Lipinski definition) is 4. The molecule has 0 fully saturated rings. The number of aryl methyl sites for hydroxylation is 1. The van der Waals surface area contributed by atoms with Crippen molar-refractivity contribution >= 4 is 50.0 Å². The highest BCUT2D eigenvalue weighted by atomic mass is 79.9. The standard InChI is InChI=1S/C22H16Br2N2O3/c1-14-5-7-15(8-6-14)22(28)29-20-10-9-19(24)12-17(20)13-25-26-21(27)16-3-2-4-18(23)11-16/h2-13H,1H3,(H,26,27)/b25-13-. The Bertz CT molecular complexity index is 1080. The molecule has 29 heavy (non-hydrogen) atoms. The number of carbonyl (C=O) groups excluding carboxylic acids is 2. The van der Waals surface area contributed by atoms with Crippen LogP contribution in [0.1, 0.15) is 31.8 Å². The molecule has 3 rings (SSSR count). The van der Waals surface area contributed by atoms with E-state index in [0.29, 0.717) is 22.4 Å². The summed E-state index contributed by atoms with van der Waals surface area (Å²) in [5.41, 5.74) is 4.98. The Kier molecular flexibility index (Phi) is 6.95. The first-order valence-corrected chi connectivity index (χ1v) is 10.2. The van der Waals surface area contributed by atoms with Crippen LogP contribution in [-0.2, 0) is 0 Å². The van der Waals surface area contributed by atoms with E-state index in [1.54, 1.807) is 48.5 Å². The fourth-order valence-electron chi connectivity index (χ4n) is 2.42. The van der Waals surface area contributed by atoms with E-state index in [1.165, 1.54) is 6.21 Å². The van der Waals surface area contributed by atoms with Crippen LogP contribution in [0.3, 0.4) is 0 Å². The minimum absolute atomic E-state index is 0.333. The van der Waals surface area contributed by atoms with Crippen LogP contribution >= 0.6 is 31.9 Å². The van der Waals surface area contributed by atoms with Crippen LogP contribution < -0.4 is 10.2 Å². The highest BCUT2D eigenvalue weighted by Gasteiger charge is 2.12. The van der Waals surface area contributed by atoms with Crippen molar-refractivity contribution in [3.05, 3.63) is 97.9 Å². The van der Waals surface area contributed by atoms with Crippen LogP contribution in [0.2, 0.25) is 0 Å². The van der Waals surface area contributed by atoms with Gasteiger partial charge in [-0.3, -0.25) is 4.79 Å². The third-order valence-corrected chi connectivity index (χ3v) is 4.90. The van der Waals surface area contributed by atoms with E-state index in [4.69, 9.17) is 4.74 Å². The molecule has 146 valence electrons. The maximum atomic E-state index is 12.4. The number of nitrogens with one attached hydrogen (secondary N) is 1. The van der Waals surface area contributed by atoms with Gasteiger partial charge in [0.2, 0.25) is 0 Å². The van der Waals surface area contributed by atoms with E-state index in [1.807, 2.05) is 25.1 Å². The average Bonchev–Trinajstić information content (AvgIpc) is 2.70. The number of amides is 1. The summed E-state index contributed by atoms with van der Waals surface area (Å²) < 4.78 is 7.10. The molecule has 0 atom stereocenters. The first-order chi connectivity index (χ1) is 13.9. The molecule has 0 radical (unpaired) electrons. The van der Waals surface area contributed by atoms with Gasteiger partial charge in [0, 0.05) is 20.1 Å². The molecule has 0 saturated carbocycles. The van der Waals surface area contributed by atoms with Crippen LogP contribution in [0, 0.1) is 6.92 Å². The van der Waals surface area contributed by atoms with Crippen molar-refractivity contribution in [2.24, 2.45) is 5.10 Å². The Hall–Kier alpha value is -2.77. The molecule has 3 aromatic carbocycles. The highest BCUT2D eigenvalue weighted by Crippen LogP contribution is 2.23. The van der Waals surface area contributed by atoms with E-state index in [2.05, 4.69) is 42.4 Å². The van der Waals surface area contributed by atoms with Gasteiger partial charge in [0.1, 0.15) is 5.75 Å². The second-order valence-corrected chi connectivity index (χ2v) is 7.98. The molecular weight excluding hydrogens is 500 g/mol. The lowest BCUT2D eigenvalue weighted by Crippen LogP contribution is -2.17. The van der Waals surface area contributed by atoms with Crippen LogP contribution in [0.4, 0.5) is 0 Å². The molecule has 5 nitrogen and oxygen atoms in total. The van der Waals surface area contributed by atoms with Crippen molar-refractivity contribution in [3.63, 3.8) is 0 Å². The number of benzene rings is 3. The van der Waals surface area contributed by atoms with Gasteiger partial charge in [0.15, 0.2) is 0 Å². The van der Waals surface area contributed by atoms with E-state index in [-0.39, 0.29) is 5.91 Å². The first-order valence-electron chi connectivity index (χ1n) is 8.60. The van der Waals surface area contributed by atoms with E-state index < -0.39 is 5.97 Å². The predicted octanol–water partition coefficient (Wildman–Crippen LogP) is 5.50. The van der Waals surface area contributed by atoms with E-state index in [9.17, 15) is 9.59 Å². The maximum Gasteiger partial charge on any atom is 0.343 e. The van der Waals surface area contributed by atoms with Gasteiger partial charge in [-0.15, -0.1) is 0 Å². The normalized spacial score (nSPS) is 10.7. The van der Waals surface area contributed by atoms with Crippen molar-refractivity contribution < 1.29 is 14.3 Å². The van der Waals surface area contributed by atoms with E-state index >= 15 is 0 Å². The lowest BCUT2D eigenvalue weighted by atomic mass is 10.1. The first kappa shape index (κ1) is 21.0. The van der Waals surface area contributed by atoms with Crippen molar-refractivity contribution in [2.75, 3.05) is 0 Å². The molecule has 0 bridgehead atoms. The van der Waals surface area contributed by atoms with Crippen molar-refractivity contribution in [2.45, 2.75) is 6.92 Å². The molecule has 3 aromatic rings. The molecule has 0 aliphatic carbocycles. The summed E-state index contributed by atoms with van der Waals surface area (Å²) in [5, 5.41) is 3.99. The third kappa shape index (κ3) is 5.85. The summed E-state index contributed by atoms with van der Waals surface area (Å²) in [6, 6.07) is 19.2. The Morgan fingerprint density at radius 3 is 2.38 bits per heavy atom. The Balaban J connectivity index is 1.74. The summed E-state index contributed by atoms with van der Waals surface area (Å²) >= 11 is 6.71. The van der Waals surface area contributed by atoms with Gasteiger partial charge in [-0.05, 0) is 55.5 Å². The van der Waals surface area contributed by atoms with Gasteiger partial charge >= 0.3 is 5.97 Å². The minimum atomic E-state index is -0.472. The van der Waals surface area contributed by atoms with Crippen molar-refractivity contribution in [1.82, 2.24) is 5.43 Å². The Morgan fingerprint density at radius 2 is 1.66 bits per heavy atom. The summed E-state index contributed by atoms with van der Waals surface area (Å²) in [4.78, 5) is 24.6. The fraction of sp³-hybridized carbons (Fsp3) is 0.0455. The van der Waals surface area contributed by atoms with Gasteiger partial charge in [0.05, 0.1) is 11.8 Å². The summed E-state index contributed by atoms with van der Waals surface area (Å²) in [6.45, 7) is 1.95. The van der Waals surface area contributed by atoms with Gasteiger partial charge in [-0.2, -0.15) is 5.10 Å². The molecule has 0 unspecified atom stereocenters. The quantitative estimate of drug-likeness (QED) is 0.211. The lowest BCUT2D eigenvalue weighted by Gasteiger charge is -2.08. The second kappa shape index (κ2) is 9.62. The number of hydrazone groups is 1. The summed E-state index contributed by atoms with van der Waals surface area (Å²) in [6.07, 6.45) is 1.43. The Morgan fingerprint density at radius 1 is 0.931 bits per heavy atom. The molecule has 0 aliphatic heterocycles. The smallest absolute Gasteiger partial charge is 0.343 e. The SMILES string of the molecule is Cc1ccc(C(=O)Oc2ccc(Br)cc2/C=N\NC(=O)c2cccc(Br)c2)cc1. The molecule has 0 aromatic heterocycles. The third-order valence-electron chi connectivity index (χ3n) is 3.92. The van der Waals surface area contributed by atoms with Crippen LogP contribution in [-0.4, -0.2) is 18.1 Å². The van der Waals surface area contributed by atoms with Gasteiger partial charge in [-0.25, -0.2) is 10.2 Å². The topological polar surface area (TPSA) is 67.8 Å². The molecule has 1 N–H and O–H groups in total. The monoisotopic (exact) mass is 514 g/mol. The zero-order valence-corrected chi connectivity index (χ0v) is 18.5. The maximum absolute atomic E-state index is 12.4. The number of hydrogen-bond donors (Lipinski definition) is 1. The van der Waals surface area contributed by atoms with Gasteiger partial charge < -0.3 is 4.74 Å². The molecule has 0 spiro atoms. The second-order valence-electron chi connectivity index (χ2n) is 6.15. The fourth-order valence-corrected chi connectivity index (χ4v) is 3.19. The summed E-state index contributed by atoms with van der Waals surface area (Å²) in [5.74, 6) is -0.491.